The number of aromatic nitrogens is 1. The van der Waals surface area contributed by atoms with Gasteiger partial charge in [-0.15, -0.1) is 0 Å². The van der Waals surface area contributed by atoms with Gasteiger partial charge in [-0.3, -0.25) is 4.98 Å². The summed E-state index contributed by atoms with van der Waals surface area (Å²) in [6, 6.07) is 3.26. The second kappa shape index (κ2) is 9.33. The lowest BCUT2D eigenvalue weighted by Gasteiger charge is -2.38. The second-order valence-electron chi connectivity index (χ2n) is 9.07. The molecule has 1 heterocycles. The Kier molecular flexibility index (Phi) is 8.17. The number of ether oxygens (including phenoxy) is 2. The highest BCUT2D eigenvalue weighted by atomic mass is 32.2. The maximum atomic E-state index is 12.3. The monoisotopic (exact) mass is 414 g/mol. The van der Waals surface area contributed by atoms with Crippen LogP contribution >= 0.6 is 0 Å². The van der Waals surface area contributed by atoms with Crippen LogP contribution < -0.4 is 0 Å². The molecule has 7 nitrogen and oxygen atoms in total. The number of esters is 1. The van der Waals surface area contributed by atoms with Crippen LogP contribution in [-0.2, 0) is 19.5 Å². The van der Waals surface area contributed by atoms with E-state index in [4.69, 9.17) is 9.47 Å². The number of carbonyl (C=O) groups excluding carboxylic acids is 1. The lowest BCUT2D eigenvalue weighted by Crippen LogP contribution is -2.51. The molecule has 0 radical (unpaired) electrons. The fourth-order valence-electron chi connectivity index (χ4n) is 2.45. The van der Waals surface area contributed by atoms with Crippen molar-refractivity contribution in [3.05, 3.63) is 30.1 Å². The molecule has 0 saturated heterocycles. The Hall–Kier alpha value is -1.51. The van der Waals surface area contributed by atoms with Gasteiger partial charge < -0.3 is 9.47 Å². The van der Waals surface area contributed by atoms with E-state index in [1.54, 1.807) is 18.3 Å². The molecule has 0 aromatic carbocycles. The maximum absolute atomic E-state index is 12.3. The first kappa shape index (κ1) is 24.5. The minimum atomic E-state index is -3.48. The highest BCUT2D eigenvalue weighted by Crippen LogP contribution is 2.25. The standard InChI is InChI=1S/C20H34N2O5S/c1-15(19(2,3)4)27-17(13-22(20(5,6)7)28(8,24)25)14-26-18(23)16-10-9-11-21-12-16/h9-12,15,17H,13-14H2,1-8H3/t15-,17-/m0/s1. The van der Waals surface area contributed by atoms with Crippen LogP contribution in [0.25, 0.3) is 0 Å². The number of nitrogens with zero attached hydrogens (tertiary/aromatic N) is 2. The van der Waals surface area contributed by atoms with E-state index in [-0.39, 0.29) is 24.7 Å². The predicted octanol–water partition coefficient (Wildman–Crippen LogP) is 3.12. The van der Waals surface area contributed by atoms with Crippen molar-refractivity contribution in [1.82, 2.24) is 9.29 Å². The van der Waals surface area contributed by atoms with Crippen LogP contribution in [0, 0.1) is 5.41 Å². The SMILES string of the molecule is C[C@H](O[C@H](COC(=O)c1cccnc1)CN(C(C)(C)C)S(C)(=O)=O)C(C)(C)C. The quantitative estimate of drug-likeness (QED) is 0.608. The summed E-state index contributed by atoms with van der Waals surface area (Å²) in [5.41, 5.74) is -0.447. The van der Waals surface area contributed by atoms with E-state index in [1.165, 1.54) is 16.8 Å². The minimum absolute atomic E-state index is 0.0593. The number of pyridine rings is 1. The fourth-order valence-corrected chi connectivity index (χ4v) is 3.89. The highest BCUT2D eigenvalue weighted by Gasteiger charge is 2.34. The van der Waals surface area contributed by atoms with Gasteiger partial charge in [0.25, 0.3) is 0 Å². The molecule has 0 aliphatic carbocycles. The molecule has 0 fully saturated rings. The Morgan fingerprint density at radius 3 is 2.25 bits per heavy atom. The average Bonchev–Trinajstić information content (AvgIpc) is 2.54. The van der Waals surface area contributed by atoms with Crippen LogP contribution in [0.1, 0.15) is 58.8 Å². The Labute approximate surface area is 169 Å². The first-order valence-electron chi connectivity index (χ1n) is 9.33. The van der Waals surface area contributed by atoms with Crippen LogP contribution in [0.4, 0.5) is 0 Å². The molecule has 0 aliphatic rings. The van der Waals surface area contributed by atoms with Crippen LogP contribution in [0.2, 0.25) is 0 Å². The zero-order chi connectivity index (χ0) is 21.8. The topological polar surface area (TPSA) is 85.8 Å². The van der Waals surface area contributed by atoms with Gasteiger partial charge in [0.1, 0.15) is 12.7 Å². The van der Waals surface area contributed by atoms with E-state index < -0.39 is 27.6 Å². The van der Waals surface area contributed by atoms with Gasteiger partial charge in [-0.1, -0.05) is 20.8 Å². The van der Waals surface area contributed by atoms with Gasteiger partial charge in [0.05, 0.1) is 17.9 Å². The predicted molar refractivity (Wildman–Crippen MR) is 110 cm³/mol. The Morgan fingerprint density at radius 1 is 1.21 bits per heavy atom. The summed E-state index contributed by atoms with van der Waals surface area (Å²) in [7, 11) is -3.48. The van der Waals surface area contributed by atoms with Gasteiger partial charge in [-0.05, 0) is 45.2 Å². The smallest absolute Gasteiger partial charge is 0.339 e. The molecule has 0 spiro atoms. The lowest BCUT2D eigenvalue weighted by molar-refractivity contribution is -0.0863. The molecule has 160 valence electrons. The molecule has 0 saturated carbocycles. The van der Waals surface area contributed by atoms with Crippen LogP contribution in [0.3, 0.4) is 0 Å². The summed E-state index contributed by atoms with van der Waals surface area (Å²) in [5.74, 6) is -0.522. The van der Waals surface area contributed by atoms with Gasteiger partial charge in [0, 0.05) is 24.5 Å². The largest absolute Gasteiger partial charge is 0.459 e. The first-order valence-corrected chi connectivity index (χ1v) is 11.2. The van der Waals surface area contributed by atoms with Crippen molar-refractivity contribution in [1.29, 1.82) is 0 Å². The number of carbonyl (C=O) groups is 1. The summed E-state index contributed by atoms with van der Waals surface area (Å²) in [6.45, 7) is 13.5. The van der Waals surface area contributed by atoms with E-state index >= 15 is 0 Å². The van der Waals surface area contributed by atoms with E-state index in [9.17, 15) is 13.2 Å². The van der Waals surface area contributed by atoms with Gasteiger partial charge in [-0.25, -0.2) is 13.2 Å². The molecule has 1 aromatic rings. The van der Waals surface area contributed by atoms with Crippen molar-refractivity contribution in [2.45, 2.75) is 66.2 Å². The van der Waals surface area contributed by atoms with Crippen molar-refractivity contribution >= 4 is 16.0 Å². The molecular formula is C20H34N2O5S. The third-order valence-electron chi connectivity index (χ3n) is 4.43. The zero-order valence-corrected chi connectivity index (χ0v) is 19.0. The molecule has 2 atom stereocenters. The molecule has 0 unspecified atom stereocenters. The molecule has 8 heteroatoms. The van der Waals surface area contributed by atoms with Crippen molar-refractivity contribution in [2.75, 3.05) is 19.4 Å². The molecular weight excluding hydrogens is 380 g/mol. The molecule has 0 N–H and O–H groups in total. The average molecular weight is 415 g/mol. The number of rotatable bonds is 8. The second-order valence-corrected chi connectivity index (χ2v) is 11.0. The van der Waals surface area contributed by atoms with Gasteiger partial charge >= 0.3 is 5.97 Å². The van der Waals surface area contributed by atoms with E-state index in [1.807, 2.05) is 48.5 Å². The van der Waals surface area contributed by atoms with E-state index in [0.29, 0.717) is 5.56 Å². The maximum Gasteiger partial charge on any atom is 0.339 e. The number of hydrogen-bond donors (Lipinski definition) is 0. The summed E-state index contributed by atoms with van der Waals surface area (Å²) >= 11 is 0. The van der Waals surface area contributed by atoms with Crippen molar-refractivity contribution in [3.8, 4) is 0 Å². The normalized spacial score (nSPS) is 15.3. The summed E-state index contributed by atoms with van der Waals surface area (Å²) < 4.78 is 37.5. The van der Waals surface area contributed by atoms with Crippen LogP contribution in [0.5, 0.6) is 0 Å². The van der Waals surface area contributed by atoms with Crippen molar-refractivity contribution in [3.63, 3.8) is 0 Å². The van der Waals surface area contributed by atoms with E-state index in [0.717, 1.165) is 0 Å². The third kappa shape index (κ3) is 7.85. The summed E-state index contributed by atoms with van der Waals surface area (Å²) in [4.78, 5) is 16.2. The molecule has 28 heavy (non-hydrogen) atoms. The van der Waals surface area contributed by atoms with Crippen molar-refractivity contribution in [2.24, 2.45) is 5.41 Å². The summed E-state index contributed by atoms with van der Waals surface area (Å²) in [5, 5.41) is 0. The number of sulfonamides is 1. The Morgan fingerprint density at radius 2 is 1.82 bits per heavy atom. The van der Waals surface area contributed by atoms with Crippen molar-refractivity contribution < 1.29 is 22.7 Å². The van der Waals surface area contributed by atoms with Crippen LogP contribution in [-0.4, -0.2) is 60.8 Å². The molecule has 0 amide bonds. The van der Waals surface area contributed by atoms with E-state index in [2.05, 4.69) is 4.98 Å². The molecule has 0 aliphatic heterocycles. The fraction of sp³-hybridized carbons (Fsp3) is 0.700. The van der Waals surface area contributed by atoms with Gasteiger partial charge in [0.2, 0.25) is 10.0 Å². The molecule has 1 rings (SSSR count). The Balaban J connectivity index is 2.99. The van der Waals surface area contributed by atoms with Gasteiger partial charge in [0.15, 0.2) is 0 Å². The van der Waals surface area contributed by atoms with Gasteiger partial charge in [-0.2, -0.15) is 4.31 Å². The molecule has 1 aromatic heterocycles. The number of hydrogen-bond acceptors (Lipinski definition) is 6. The minimum Gasteiger partial charge on any atom is -0.459 e. The third-order valence-corrected chi connectivity index (χ3v) is 5.93. The lowest BCUT2D eigenvalue weighted by atomic mass is 9.90. The first-order chi connectivity index (χ1) is 12.6. The van der Waals surface area contributed by atoms with Crippen LogP contribution in [0.15, 0.2) is 24.5 Å². The zero-order valence-electron chi connectivity index (χ0n) is 18.2. The summed E-state index contributed by atoms with van der Waals surface area (Å²) in [6.07, 6.45) is 3.39. The Bertz CT molecular complexity index is 736. The molecule has 0 bridgehead atoms. The highest BCUT2D eigenvalue weighted by molar-refractivity contribution is 7.88.